The van der Waals surface area contributed by atoms with Crippen LogP contribution in [0.3, 0.4) is 0 Å². The van der Waals surface area contributed by atoms with Gasteiger partial charge in [-0.15, -0.1) is 0 Å². The van der Waals surface area contributed by atoms with E-state index in [2.05, 4.69) is 0 Å². The zero-order valence-electron chi connectivity index (χ0n) is 21.5. The normalized spacial score (nSPS) is 12.1. The molecule has 0 aliphatic carbocycles. The third-order valence-electron chi connectivity index (χ3n) is 6.08. The maximum atomic E-state index is 14.7. The second-order valence-corrected chi connectivity index (χ2v) is 11.2. The lowest BCUT2D eigenvalue weighted by Gasteiger charge is -2.23. The molecule has 0 amide bonds. The van der Waals surface area contributed by atoms with Crippen LogP contribution in [0.25, 0.3) is 0 Å². The number of carboxylic acids is 1. The molecule has 3 aromatic rings. The first-order valence-electron chi connectivity index (χ1n) is 12.2. The molecule has 6 nitrogen and oxygen atoms in total. The highest BCUT2D eigenvalue weighted by Gasteiger charge is 2.34. The van der Waals surface area contributed by atoms with E-state index in [0.717, 1.165) is 17.9 Å². The maximum absolute atomic E-state index is 14.7. The summed E-state index contributed by atoms with van der Waals surface area (Å²) in [6.45, 7) is 0.620. The summed E-state index contributed by atoms with van der Waals surface area (Å²) in [7, 11) is -3.73. The van der Waals surface area contributed by atoms with Gasteiger partial charge in [0.15, 0.2) is 9.84 Å². The molecule has 0 radical (unpaired) electrons. The third-order valence-corrected chi connectivity index (χ3v) is 7.25. The standard InChI is InChI=1S/C28H28F5NO5S/c1-40(37,38)25-17-23(11-8-20(25)16-26(35)36)39-15-3-13-34(14-12-19-6-9-22(29)10-7-19)18-21-4-2-5-24(27(21)30)28(31,32)33/h2,4-11,17H,3,12-16,18H2,1H3,(H,35,36). The lowest BCUT2D eigenvalue weighted by molar-refractivity contribution is -0.140. The average Bonchev–Trinajstić information content (AvgIpc) is 2.86. The molecule has 3 rings (SSSR count). The third kappa shape index (κ3) is 9.02. The molecule has 0 aromatic heterocycles. The molecule has 0 aliphatic rings. The Morgan fingerprint density at radius 3 is 2.30 bits per heavy atom. The molecule has 40 heavy (non-hydrogen) atoms. The SMILES string of the molecule is CS(=O)(=O)c1cc(OCCCN(CCc2ccc(F)cc2)Cc2cccc(C(F)(F)F)c2F)ccc1CC(=O)O. The minimum atomic E-state index is -4.84. The summed E-state index contributed by atoms with van der Waals surface area (Å²) in [5.74, 6) is -2.72. The largest absolute Gasteiger partial charge is 0.494 e. The molecule has 0 spiro atoms. The Kier molecular flexibility index (Phi) is 10.3. The number of hydrogen-bond acceptors (Lipinski definition) is 5. The van der Waals surface area contributed by atoms with Crippen molar-refractivity contribution in [2.75, 3.05) is 26.0 Å². The summed E-state index contributed by atoms with van der Waals surface area (Å²) < 4.78 is 97.5. The van der Waals surface area contributed by atoms with Gasteiger partial charge in [-0.3, -0.25) is 9.69 Å². The van der Waals surface area contributed by atoms with Crippen molar-refractivity contribution in [3.05, 3.63) is 94.6 Å². The molecule has 0 atom stereocenters. The number of rotatable bonds is 13. The number of aliphatic carboxylic acids is 1. The Morgan fingerprint density at radius 2 is 1.68 bits per heavy atom. The summed E-state index contributed by atoms with van der Waals surface area (Å²) >= 11 is 0. The summed E-state index contributed by atoms with van der Waals surface area (Å²) in [6.07, 6.45) is -3.56. The van der Waals surface area contributed by atoms with Crippen LogP contribution in [0.4, 0.5) is 22.0 Å². The number of benzene rings is 3. The Balaban J connectivity index is 1.70. The van der Waals surface area contributed by atoms with Gasteiger partial charge in [0.1, 0.15) is 17.4 Å². The van der Waals surface area contributed by atoms with Gasteiger partial charge in [0.2, 0.25) is 0 Å². The quantitative estimate of drug-likeness (QED) is 0.210. The fourth-order valence-corrected chi connectivity index (χ4v) is 5.07. The minimum Gasteiger partial charge on any atom is -0.494 e. The van der Waals surface area contributed by atoms with E-state index in [1.807, 2.05) is 0 Å². The Hall–Kier alpha value is -3.51. The van der Waals surface area contributed by atoms with Gasteiger partial charge in [-0.1, -0.05) is 30.3 Å². The zero-order valence-corrected chi connectivity index (χ0v) is 22.4. The number of carboxylic acid groups (broad SMARTS) is 1. The van der Waals surface area contributed by atoms with E-state index in [1.165, 1.54) is 36.4 Å². The van der Waals surface area contributed by atoms with Crippen molar-refractivity contribution < 1.29 is 45.0 Å². The van der Waals surface area contributed by atoms with Crippen LogP contribution in [0, 0.1) is 11.6 Å². The van der Waals surface area contributed by atoms with E-state index in [0.29, 0.717) is 32.0 Å². The fourth-order valence-electron chi connectivity index (χ4n) is 4.13. The van der Waals surface area contributed by atoms with Crippen molar-refractivity contribution in [2.24, 2.45) is 0 Å². The fraction of sp³-hybridized carbons (Fsp3) is 0.321. The van der Waals surface area contributed by atoms with Gasteiger partial charge in [-0.25, -0.2) is 17.2 Å². The van der Waals surface area contributed by atoms with Crippen molar-refractivity contribution >= 4 is 15.8 Å². The van der Waals surface area contributed by atoms with Gasteiger partial charge >= 0.3 is 12.1 Å². The molecular formula is C28H28F5NO5S. The lowest BCUT2D eigenvalue weighted by Crippen LogP contribution is -2.28. The van der Waals surface area contributed by atoms with Crippen LogP contribution in [-0.4, -0.2) is 50.3 Å². The van der Waals surface area contributed by atoms with Crippen molar-refractivity contribution in [3.8, 4) is 5.75 Å². The molecule has 0 fully saturated rings. The first-order chi connectivity index (χ1) is 18.7. The second kappa shape index (κ2) is 13.2. The number of nitrogens with zero attached hydrogens (tertiary/aromatic N) is 1. The highest BCUT2D eigenvalue weighted by atomic mass is 32.2. The van der Waals surface area contributed by atoms with Crippen molar-refractivity contribution in [3.63, 3.8) is 0 Å². The molecule has 0 saturated heterocycles. The summed E-state index contributed by atoms with van der Waals surface area (Å²) in [4.78, 5) is 12.7. The number of hydrogen-bond donors (Lipinski definition) is 1. The number of carbonyl (C=O) groups is 1. The molecule has 3 aromatic carbocycles. The molecule has 0 bridgehead atoms. The predicted molar refractivity (Wildman–Crippen MR) is 138 cm³/mol. The number of ether oxygens (including phenoxy) is 1. The van der Waals surface area contributed by atoms with Crippen molar-refractivity contribution in [2.45, 2.75) is 36.9 Å². The second-order valence-electron chi connectivity index (χ2n) is 9.24. The summed E-state index contributed by atoms with van der Waals surface area (Å²) in [6, 6.07) is 13.0. The molecule has 0 heterocycles. The Labute approximate surface area is 228 Å². The monoisotopic (exact) mass is 585 g/mol. The van der Waals surface area contributed by atoms with Crippen molar-refractivity contribution in [1.82, 2.24) is 4.90 Å². The highest BCUT2D eigenvalue weighted by molar-refractivity contribution is 7.90. The van der Waals surface area contributed by atoms with E-state index in [-0.39, 0.29) is 34.9 Å². The van der Waals surface area contributed by atoms with E-state index >= 15 is 0 Å². The van der Waals surface area contributed by atoms with E-state index in [1.54, 1.807) is 17.0 Å². The van der Waals surface area contributed by atoms with Gasteiger partial charge in [0.25, 0.3) is 0 Å². The Morgan fingerprint density at radius 1 is 0.975 bits per heavy atom. The van der Waals surface area contributed by atoms with Gasteiger partial charge in [0.05, 0.1) is 23.5 Å². The first kappa shape index (κ1) is 31.0. The molecule has 1 N–H and O–H groups in total. The Bertz CT molecular complexity index is 1430. The van der Waals surface area contributed by atoms with Crippen LogP contribution in [0.1, 0.15) is 28.7 Å². The number of halogens is 5. The van der Waals surface area contributed by atoms with Crippen LogP contribution in [0.5, 0.6) is 5.75 Å². The van der Waals surface area contributed by atoms with Crippen LogP contribution in [0.2, 0.25) is 0 Å². The molecule has 216 valence electrons. The zero-order chi connectivity index (χ0) is 29.5. The summed E-state index contributed by atoms with van der Waals surface area (Å²) in [5, 5.41) is 9.03. The van der Waals surface area contributed by atoms with Crippen molar-refractivity contribution in [1.29, 1.82) is 0 Å². The number of alkyl halides is 3. The average molecular weight is 586 g/mol. The molecule has 0 aliphatic heterocycles. The predicted octanol–water partition coefficient (Wildman–Crippen LogP) is 5.53. The maximum Gasteiger partial charge on any atom is 0.419 e. The van der Waals surface area contributed by atoms with E-state index < -0.39 is 45.6 Å². The van der Waals surface area contributed by atoms with Gasteiger partial charge in [-0.2, -0.15) is 13.2 Å². The van der Waals surface area contributed by atoms with Crippen LogP contribution in [-0.2, 0) is 40.2 Å². The van der Waals surface area contributed by atoms with E-state index in [4.69, 9.17) is 9.84 Å². The summed E-state index contributed by atoms with van der Waals surface area (Å²) in [5.41, 5.74) is -0.555. The van der Waals surface area contributed by atoms with E-state index in [9.17, 15) is 35.2 Å². The smallest absolute Gasteiger partial charge is 0.419 e. The molecule has 0 saturated carbocycles. The van der Waals surface area contributed by atoms with Crippen LogP contribution in [0.15, 0.2) is 65.6 Å². The van der Waals surface area contributed by atoms with Gasteiger partial charge in [-0.05, 0) is 54.3 Å². The highest BCUT2D eigenvalue weighted by Crippen LogP contribution is 2.32. The lowest BCUT2D eigenvalue weighted by atomic mass is 10.1. The topological polar surface area (TPSA) is 83.9 Å². The molecule has 0 unspecified atom stereocenters. The van der Waals surface area contributed by atoms with Gasteiger partial charge in [0, 0.05) is 31.5 Å². The first-order valence-corrected chi connectivity index (χ1v) is 14.1. The molecular weight excluding hydrogens is 557 g/mol. The van der Waals surface area contributed by atoms with Crippen LogP contribution < -0.4 is 4.74 Å². The number of sulfone groups is 1. The van der Waals surface area contributed by atoms with Crippen LogP contribution >= 0.6 is 0 Å². The minimum absolute atomic E-state index is 0.0968. The molecule has 12 heteroatoms. The van der Waals surface area contributed by atoms with Gasteiger partial charge < -0.3 is 9.84 Å².